The minimum Gasteiger partial charge on any atom is -0.472 e. The van der Waals surface area contributed by atoms with Gasteiger partial charge in [-0.2, -0.15) is 0 Å². The summed E-state index contributed by atoms with van der Waals surface area (Å²) >= 11 is 3.30. The number of hydrogen-bond acceptors (Lipinski definition) is 5. The van der Waals surface area contributed by atoms with Crippen LogP contribution in [0, 0.1) is 0 Å². The van der Waals surface area contributed by atoms with Crippen LogP contribution in [0.4, 0.5) is 5.95 Å². The average Bonchev–Trinajstić information content (AvgIpc) is 2.36. The predicted octanol–water partition coefficient (Wildman–Crippen LogP) is 3.42. The van der Waals surface area contributed by atoms with Gasteiger partial charge in [0.2, 0.25) is 11.8 Å². The maximum absolute atomic E-state index is 5.73. The fraction of sp³-hybridized carbons (Fsp3) is 0.357. The van der Waals surface area contributed by atoms with Gasteiger partial charge in [-0.15, -0.1) is 0 Å². The van der Waals surface area contributed by atoms with Crippen molar-refractivity contribution < 1.29 is 4.74 Å². The summed E-state index contributed by atoms with van der Waals surface area (Å²) in [5, 5.41) is 3.15. The highest BCUT2D eigenvalue weighted by atomic mass is 79.9. The van der Waals surface area contributed by atoms with E-state index in [4.69, 9.17) is 4.74 Å². The maximum atomic E-state index is 5.73. The molecule has 0 bridgehead atoms. The first-order valence-electron chi connectivity index (χ1n) is 6.28. The summed E-state index contributed by atoms with van der Waals surface area (Å²) in [6.07, 6.45) is 5.15. The molecule has 2 rings (SSSR count). The summed E-state index contributed by atoms with van der Waals surface area (Å²) in [5.41, 5.74) is 0.805. The number of halogens is 1. The Labute approximate surface area is 127 Å². The van der Waals surface area contributed by atoms with E-state index in [1.807, 2.05) is 32.9 Å². The van der Waals surface area contributed by atoms with Gasteiger partial charge in [0.15, 0.2) is 0 Å². The van der Waals surface area contributed by atoms with Crippen molar-refractivity contribution in [3.05, 3.63) is 40.8 Å². The summed E-state index contributed by atoms with van der Waals surface area (Å²) in [6.45, 7) is 6.60. The Kier molecular flexibility index (Phi) is 4.54. The van der Waals surface area contributed by atoms with Gasteiger partial charge in [0.25, 0.3) is 0 Å². The Morgan fingerprint density at radius 2 is 1.90 bits per heavy atom. The number of nitrogens with zero attached hydrogens (tertiary/aromatic N) is 3. The molecule has 0 fully saturated rings. The third kappa shape index (κ3) is 4.77. The van der Waals surface area contributed by atoms with Crippen LogP contribution in [0.3, 0.4) is 0 Å². The molecule has 1 N–H and O–H groups in total. The van der Waals surface area contributed by atoms with Crippen molar-refractivity contribution in [3.63, 3.8) is 0 Å². The lowest BCUT2D eigenvalue weighted by atomic mass is 10.2. The Balaban J connectivity index is 1.99. The van der Waals surface area contributed by atoms with E-state index < -0.39 is 0 Å². The number of ether oxygens (including phenoxy) is 1. The fourth-order valence-corrected chi connectivity index (χ4v) is 1.72. The molecular formula is C14H17BrN4O. The van der Waals surface area contributed by atoms with Crippen LogP contribution in [0.15, 0.2) is 35.2 Å². The Morgan fingerprint density at radius 1 is 1.20 bits per heavy atom. The topological polar surface area (TPSA) is 59.9 Å². The molecule has 0 aromatic carbocycles. The maximum Gasteiger partial charge on any atom is 0.222 e. The van der Waals surface area contributed by atoms with Crippen molar-refractivity contribution >= 4 is 21.9 Å². The van der Waals surface area contributed by atoms with E-state index in [1.165, 1.54) is 0 Å². The molecule has 0 unspecified atom stereocenters. The number of anilines is 1. The number of aromatic nitrogens is 3. The van der Waals surface area contributed by atoms with Crippen molar-refractivity contribution in [1.29, 1.82) is 0 Å². The Bertz CT molecular complexity index is 566. The van der Waals surface area contributed by atoms with Crippen molar-refractivity contribution in [2.45, 2.75) is 32.9 Å². The molecule has 0 saturated heterocycles. The number of hydrogen-bond donors (Lipinski definition) is 1. The molecular weight excluding hydrogens is 320 g/mol. The van der Waals surface area contributed by atoms with Gasteiger partial charge in [-0.1, -0.05) is 0 Å². The van der Waals surface area contributed by atoms with E-state index in [9.17, 15) is 0 Å². The van der Waals surface area contributed by atoms with Crippen molar-refractivity contribution in [3.8, 4) is 5.88 Å². The van der Waals surface area contributed by atoms with Crippen molar-refractivity contribution in [1.82, 2.24) is 15.0 Å². The van der Waals surface area contributed by atoms with Gasteiger partial charge in [0.05, 0.1) is 4.47 Å². The van der Waals surface area contributed by atoms with E-state index in [1.54, 1.807) is 18.6 Å². The van der Waals surface area contributed by atoms with Gasteiger partial charge in [-0.25, -0.2) is 15.0 Å². The summed E-state index contributed by atoms with van der Waals surface area (Å²) in [7, 11) is 0. The molecule has 0 saturated carbocycles. The minimum absolute atomic E-state index is 0.256. The molecule has 0 radical (unpaired) electrons. The zero-order valence-corrected chi connectivity index (χ0v) is 13.3. The normalized spacial score (nSPS) is 11.2. The second-order valence-corrected chi connectivity index (χ2v) is 6.21. The molecule has 0 amide bonds. The molecule has 0 aliphatic rings. The molecule has 0 atom stereocenters. The molecule has 20 heavy (non-hydrogen) atoms. The summed E-state index contributed by atoms with van der Waals surface area (Å²) in [6, 6.07) is 3.85. The monoisotopic (exact) mass is 336 g/mol. The highest BCUT2D eigenvalue weighted by Gasteiger charge is 2.12. The van der Waals surface area contributed by atoms with Gasteiger partial charge < -0.3 is 10.1 Å². The van der Waals surface area contributed by atoms with Gasteiger partial charge in [-0.05, 0) is 48.3 Å². The van der Waals surface area contributed by atoms with E-state index in [2.05, 4.69) is 36.2 Å². The fourth-order valence-electron chi connectivity index (χ4n) is 1.51. The Morgan fingerprint density at radius 3 is 2.55 bits per heavy atom. The van der Waals surface area contributed by atoms with E-state index in [-0.39, 0.29) is 5.60 Å². The first-order chi connectivity index (χ1) is 9.42. The average molecular weight is 337 g/mol. The lowest BCUT2D eigenvalue weighted by Crippen LogP contribution is -2.23. The first-order valence-corrected chi connectivity index (χ1v) is 7.07. The quantitative estimate of drug-likeness (QED) is 0.926. The molecule has 0 spiro atoms. The third-order valence-electron chi connectivity index (χ3n) is 2.28. The van der Waals surface area contributed by atoms with Gasteiger partial charge in [0, 0.05) is 31.2 Å². The third-order valence-corrected chi connectivity index (χ3v) is 2.69. The molecule has 5 nitrogen and oxygen atoms in total. The highest BCUT2D eigenvalue weighted by molar-refractivity contribution is 9.10. The van der Waals surface area contributed by atoms with Crippen LogP contribution in [-0.2, 0) is 6.54 Å². The molecule has 2 aromatic heterocycles. The SMILES string of the molecule is CC(C)(C)Oc1cc(CNc2ncc(Br)cn2)ccn1. The second-order valence-electron chi connectivity index (χ2n) is 5.30. The van der Waals surface area contributed by atoms with Crippen LogP contribution < -0.4 is 10.1 Å². The molecule has 0 aliphatic carbocycles. The Hall–Kier alpha value is -1.69. The lowest BCUT2D eigenvalue weighted by molar-refractivity contribution is 0.124. The van der Waals surface area contributed by atoms with E-state index in [0.717, 1.165) is 10.0 Å². The number of pyridine rings is 1. The van der Waals surface area contributed by atoms with Crippen molar-refractivity contribution in [2.75, 3.05) is 5.32 Å². The number of rotatable bonds is 4. The van der Waals surface area contributed by atoms with Crippen LogP contribution in [0.5, 0.6) is 5.88 Å². The van der Waals surface area contributed by atoms with Crippen LogP contribution in [0.2, 0.25) is 0 Å². The van der Waals surface area contributed by atoms with Crippen molar-refractivity contribution in [2.24, 2.45) is 0 Å². The second kappa shape index (κ2) is 6.17. The minimum atomic E-state index is -0.256. The van der Waals surface area contributed by atoms with Gasteiger partial charge >= 0.3 is 0 Å². The van der Waals surface area contributed by atoms with Crippen LogP contribution in [0.1, 0.15) is 26.3 Å². The van der Waals surface area contributed by atoms with E-state index >= 15 is 0 Å². The molecule has 2 heterocycles. The smallest absolute Gasteiger partial charge is 0.222 e. The van der Waals surface area contributed by atoms with E-state index in [0.29, 0.717) is 18.4 Å². The van der Waals surface area contributed by atoms with Crippen LogP contribution in [0.25, 0.3) is 0 Å². The van der Waals surface area contributed by atoms with Crippen LogP contribution in [-0.4, -0.2) is 20.6 Å². The predicted molar refractivity (Wildman–Crippen MR) is 81.7 cm³/mol. The molecule has 0 aliphatic heterocycles. The van der Waals surface area contributed by atoms with Gasteiger partial charge in [0.1, 0.15) is 5.60 Å². The number of nitrogens with one attached hydrogen (secondary N) is 1. The highest BCUT2D eigenvalue weighted by Crippen LogP contribution is 2.17. The molecule has 2 aromatic rings. The lowest BCUT2D eigenvalue weighted by Gasteiger charge is -2.20. The molecule has 6 heteroatoms. The first kappa shape index (κ1) is 14.7. The standard InChI is InChI=1S/C14H17BrN4O/c1-14(2,3)20-12-6-10(4-5-16-12)7-17-13-18-8-11(15)9-19-13/h4-6,8-9H,7H2,1-3H3,(H,17,18,19). The zero-order valence-electron chi connectivity index (χ0n) is 11.7. The van der Waals surface area contributed by atoms with Crippen LogP contribution >= 0.6 is 15.9 Å². The largest absolute Gasteiger partial charge is 0.472 e. The summed E-state index contributed by atoms with van der Waals surface area (Å²) in [5.74, 6) is 1.21. The van der Waals surface area contributed by atoms with Gasteiger partial charge in [-0.3, -0.25) is 0 Å². The molecule has 106 valence electrons. The summed E-state index contributed by atoms with van der Waals surface area (Å²) < 4.78 is 6.59. The summed E-state index contributed by atoms with van der Waals surface area (Å²) in [4.78, 5) is 12.5. The zero-order chi connectivity index (χ0) is 14.6.